The molecule has 0 amide bonds. The molecule has 4 nitrogen and oxygen atoms in total. The third kappa shape index (κ3) is 3.10. The maximum absolute atomic E-state index is 12.8. The number of hydrogen-bond acceptors (Lipinski definition) is 3. The summed E-state index contributed by atoms with van der Waals surface area (Å²) in [6.45, 7) is 2.33. The van der Waals surface area contributed by atoms with Crippen LogP contribution < -0.4 is 5.73 Å². The van der Waals surface area contributed by atoms with Crippen molar-refractivity contribution in [1.82, 2.24) is 4.31 Å². The Labute approximate surface area is 126 Å². The lowest BCUT2D eigenvalue weighted by Crippen LogP contribution is -2.41. The Hall–Kier alpha value is -0.780. The second-order valence-corrected chi connectivity index (χ2v) is 7.48. The number of nitrogens with zero attached hydrogens (tertiary/aromatic N) is 1. The van der Waals surface area contributed by atoms with Crippen LogP contribution in [0.1, 0.15) is 39.0 Å². The van der Waals surface area contributed by atoms with E-state index in [4.69, 9.17) is 17.3 Å². The Kier molecular flexibility index (Phi) is 4.94. The molecule has 2 rings (SSSR count). The van der Waals surface area contributed by atoms with Crippen LogP contribution in [0.4, 0.5) is 5.69 Å². The zero-order chi connectivity index (χ0) is 14.8. The number of rotatable bonds is 4. The number of nitrogen functional groups attached to an aromatic ring is 1. The molecule has 0 radical (unpaired) electrons. The molecule has 20 heavy (non-hydrogen) atoms. The van der Waals surface area contributed by atoms with Gasteiger partial charge in [0.1, 0.15) is 4.90 Å². The topological polar surface area (TPSA) is 63.4 Å². The van der Waals surface area contributed by atoms with E-state index in [-0.39, 0.29) is 16.6 Å². The van der Waals surface area contributed by atoms with Crippen molar-refractivity contribution >= 4 is 27.3 Å². The van der Waals surface area contributed by atoms with Gasteiger partial charge in [-0.3, -0.25) is 0 Å². The molecule has 0 heterocycles. The number of hydrogen-bond donors (Lipinski definition) is 1. The molecule has 0 spiro atoms. The van der Waals surface area contributed by atoms with Crippen molar-refractivity contribution in [3.63, 3.8) is 0 Å². The van der Waals surface area contributed by atoms with Crippen LogP contribution in [-0.2, 0) is 10.0 Å². The van der Waals surface area contributed by atoms with Crippen molar-refractivity contribution in [2.75, 3.05) is 12.3 Å². The van der Waals surface area contributed by atoms with E-state index in [1.807, 2.05) is 6.92 Å². The van der Waals surface area contributed by atoms with Gasteiger partial charge in [0.05, 0.1) is 5.69 Å². The molecule has 1 aromatic carbocycles. The Morgan fingerprint density at radius 3 is 2.55 bits per heavy atom. The van der Waals surface area contributed by atoms with E-state index < -0.39 is 10.0 Å². The van der Waals surface area contributed by atoms with Gasteiger partial charge in [0, 0.05) is 17.6 Å². The molecule has 1 fully saturated rings. The van der Waals surface area contributed by atoms with Crippen LogP contribution in [0.15, 0.2) is 23.1 Å². The predicted octanol–water partition coefficient (Wildman–Crippen LogP) is 3.27. The summed E-state index contributed by atoms with van der Waals surface area (Å²) in [6.07, 6.45) is 5.21. The lowest BCUT2D eigenvalue weighted by molar-refractivity contribution is 0.261. The summed E-state index contributed by atoms with van der Waals surface area (Å²) >= 11 is 5.92. The second kappa shape index (κ2) is 6.33. The standard InChI is InChI=1S/C14H21ClN2O2S/c1-2-17(12-6-4-3-5-7-12)20(18,19)14-10-11(15)8-9-13(14)16/h8-10,12H,2-7,16H2,1H3. The van der Waals surface area contributed by atoms with E-state index in [0.717, 1.165) is 25.7 Å². The smallest absolute Gasteiger partial charge is 0.245 e. The van der Waals surface area contributed by atoms with Crippen LogP contribution in [0, 0.1) is 0 Å². The minimum Gasteiger partial charge on any atom is -0.398 e. The minimum absolute atomic E-state index is 0.0807. The summed E-state index contributed by atoms with van der Waals surface area (Å²) < 4.78 is 27.2. The van der Waals surface area contributed by atoms with Crippen LogP contribution in [0.3, 0.4) is 0 Å². The molecule has 1 aliphatic carbocycles. The van der Waals surface area contributed by atoms with Crippen LogP contribution in [0.5, 0.6) is 0 Å². The highest BCUT2D eigenvalue weighted by Crippen LogP contribution is 2.31. The fourth-order valence-electron chi connectivity index (χ4n) is 2.85. The number of halogens is 1. The number of anilines is 1. The van der Waals surface area contributed by atoms with E-state index in [1.165, 1.54) is 12.5 Å². The molecule has 2 N–H and O–H groups in total. The molecule has 1 aliphatic rings. The maximum Gasteiger partial charge on any atom is 0.245 e. The number of sulfonamides is 1. The first-order valence-corrected chi connectivity index (χ1v) is 8.85. The summed E-state index contributed by atoms with van der Waals surface area (Å²) in [6, 6.07) is 4.67. The molecule has 1 saturated carbocycles. The summed E-state index contributed by atoms with van der Waals surface area (Å²) in [5, 5.41) is 0.387. The first-order valence-electron chi connectivity index (χ1n) is 7.03. The first-order chi connectivity index (χ1) is 9.46. The molecule has 0 atom stereocenters. The highest BCUT2D eigenvalue weighted by atomic mass is 35.5. The van der Waals surface area contributed by atoms with Gasteiger partial charge in [-0.2, -0.15) is 4.31 Å². The molecule has 0 aromatic heterocycles. The summed E-state index contributed by atoms with van der Waals surface area (Å²) in [5.41, 5.74) is 6.09. The van der Waals surface area contributed by atoms with Crippen molar-refractivity contribution < 1.29 is 8.42 Å². The van der Waals surface area contributed by atoms with Gasteiger partial charge in [-0.1, -0.05) is 37.8 Å². The highest BCUT2D eigenvalue weighted by Gasteiger charge is 2.32. The summed E-state index contributed by atoms with van der Waals surface area (Å²) in [7, 11) is -3.58. The fraction of sp³-hybridized carbons (Fsp3) is 0.571. The van der Waals surface area contributed by atoms with Crippen LogP contribution in [0.2, 0.25) is 5.02 Å². The van der Waals surface area contributed by atoms with Crippen LogP contribution in [-0.4, -0.2) is 25.3 Å². The lowest BCUT2D eigenvalue weighted by Gasteiger charge is -2.32. The average Bonchev–Trinajstić information content (AvgIpc) is 2.43. The second-order valence-electron chi connectivity index (χ2n) is 5.18. The Balaban J connectivity index is 2.38. The van der Waals surface area contributed by atoms with E-state index in [1.54, 1.807) is 16.4 Å². The third-order valence-corrected chi connectivity index (χ3v) is 6.17. The van der Waals surface area contributed by atoms with Gasteiger partial charge in [0.2, 0.25) is 10.0 Å². The minimum atomic E-state index is -3.58. The maximum atomic E-state index is 12.8. The average molecular weight is 317 g/mol. The van der Waals surface area contributed by atoms with Crippen molar-refractivity contribution in [3.8, 4) is 0 Å². The molecule has 1 aromatic rings. The molecule has 0 unspecified atom stereocenters. The van der Waals surface area contributed by atoms with Gasteiger partial charge >= 0.3 is 0 Å². The predicted molar refractivity (Wildman–Crippen MR) is 82.3 cm³/mol. The Morgan fingerprint density at radius 2 is 1.95 bits per heavy atom. The monoisotopic (exact) mass is 316 g/mol. The van der Waals surface area contributed by atoms with Crippen molar-refractivity contribution in [1.29, 1.82) is 0 Å². The van der Waals surface area contributed by atoms with Gasteiger partial charge < -0.3 is 5.73 Å². The zero-order valence-electron chi connectivity index (χ0n) is 11.7. The molecular formula is C14H21ClN2O2S. The molecular weight excluding hydrogens is 296 g/mol. The lowest BCUT2D eigenvalue weighted by atomic mass is 9.95. The van der Waals surface area contributed by atoms with E-state index in [9.17, 15) is 8.42 Å². The van der Waals surface area contributed by atoms with Crippen molar-refractivity contribution in [2.24, 2.45) is 0 Å². The number of nitrogens with two attached hydrogens (primary N) is 1. The quantitative estimate of drug-likeness (QED) is 0.867. The molecule has 0 bridgehead atoms. The third-order valence-electron chi connectivity index (χ3n) is 3.86. The summed E-state index contributed by atoms with van der Waals surface area (Å²) in [4.78, 5) is 0.123. The highest BCUT2D eigenvalue weighted by molar-refractivity contribution is 7.89. The molecule has 0 saturated heterocycles. The van der Waals surface area contributed by atoms with Gasteiger partial charge in [0.15, 0.2) is 0 Å². The molecule has 0 aliphatic heterocycles. The van der Waals surface area contributed by atoms with Crippen LogP contribution >= 0.6 is 11.6 Å². The van der Waals surface area contributed by atoms with Crippen molar-refractivity contribution in [2.45, 2.75) is 50.0 Å². The summed E-state index contributed by atoms with van der Waals surface area (Å²) in [5.74, 6) is 0. The first kappa shape index (κ1) is 15.6. The van der Waals surface area contributed by atoms with E-state index >= 15 is 0 Å². The normalized spacial score (nSPS) is 17.6. The van der Waals surface area contributed by atoms with Gasteiger partial charge in [-0.15, -0.1) is 0 Å². The number of benzene rings is 1. The largest absolute Gasteiger partial charge is 0.398 e. The van der Waals surface area contributed by atoms with Crippen molar-refractivity contribution in [3.05, 3.63) is 23.2 Å². The molecule has 112 valence electrons. The Bertz CT molecular complexity index is 569. The Morgan fingerprint density at radius 1 is 1.30 bits per heavy atom. The molecule has 6 heteroatoms. The van der Waals surface area contributed by atoms with Gasteiger partial charge in [-0.05, 0) is 31.0 Å². The van der Waals surface area contributed by atoms with E-state index in [0.29, 0.717) is 11.6 Å². The van der Waals surface area contributed by atoms with Gasteiger partial charge in [0.25, 0.3) is 0 Å². The van der Waals surface area contributed by atoms with Crippen LogP contribution in [0.25, 0.3) is 0 Å². The SMILES string of the molecule is CCN(C1CCCCC1)S(=O)(=O)c1cc(Cl)ccc1N. The fourth-order valence-corrected chi connectivity index (χ4v) is 4.93. The van der Waals surface area contributed by atoms with Gasteiger partial charge in [-0.25, -0.2) is 8.42 Å². The zero-order valence-corrected chi connectivity index (χ0v) is 13.3. The van der Waals surface area contributed by atoms with E-state index in [2.05, 4.69) is 0 Å².